The van der Waals surface area contributed by atoms with Crippen LogP contribution in [-0.4, -0.2) is 49.3 Å². The first-order valence-electron chi connectivity index (χ1n) is 11.2. The summed E-state index contributed by atoms with van der Waals surface area (Å²) in [5.41, 5.74) is 3.28. The fourth-order valence-corrected chi connectivity index (χ4v) is 3.89. The average molecular weight is 427 g/mol. The van der Waals surface area contributed by atoms with Crippen LogP contribution in [0.15, 0.2) is 42.5 Å². The fourth-order valence-electron chi connectivity index (χ4n) is 3.89. The standard InChI is InChI=1S/C25H34N2O4/c1-30-23-10-4-3-9-21(23)17-27-18-22-16-20(8-7-14-28)11-12-24(22)31-15-6-2-5-13-26-25(29)19-27/h3-4,9-12,16,28H,2,5-8,13-15,17-19H2,1H3,(H,26,29). The molecule has 0 atom stereocenters. The summed E-state index contributed by atoms with van der Waals surface area (Å²) in [5, 5.41) is 12.2. The molecule has 0 saturated carbocycles. The van der Waals surface area contributed by atoms with E-state index in [4.69, 9.17) is 9.47 Å². The number of aryl methyl sites for hydroxylation is 1. The zero-order valence-electron chi connectivity index (χ0n) is 18.4. The Morgan fingerprint density at radius 2 is 2.00 bits per heavy atom. The van der Waals surface area contributed by atoms with E-state index in [-0.39, 0.29) is 12.5 Å². The minimum absolute atomic E-state index is 0.0352. The second-order valence-electron chi connectivity index (χ2n) is 7.99. The summed E-state index contributed by atoms with van der Waals surface area (Å²) in [6.45, 7) is 3.03. The maximum Gasteiger partial charge on any atom is 0.234 e. The highest BCUT2D eigenvalue weighted by molar-refractivity contribution is 5.78. The van der Waals surface area contributed by atoms with Crippen LogP contribution in [0.1, 0.15) is 42.4 Å². The molecule has 31 heavy (non-hydrogen) atoms. The number of carbonyl (C=O) groups is 1. The number of amides is 1. The van der Waals surface area contributed by atoms with Crippen molar-refractivity contribution in [1.29, 1.82) is 0 Å². The van der Waals surface area contributed by atoms with Crippen molar-refractivity contribution in [2.75, 3.05) is 33.4 Å². The summed E-state index contributed by atoms with van der Waals surface area (Å²) in [7, 11) is 1.67. The monoisotopic (exact) mass is 426 g/mol. The molecule has 0 fully saturated rings. The molecule has 0 unspecified atom stereocenters. The third-order valence-corrected chi connectivity index (χ3v) is 5.50. The smallest absolute Gasteiger partial charge is 0.234 e. The minimum atomic E-state index is 0.0352. The molecule has 2 aromatic rings. The lowest BCUT2D eigenvalue weighted by Gasteiger charge is -2.24. The van der Waals surface area contributed by atoms with Crippen molar-refractivity contribution in [3.63, 3.8) is 0 Å². The van der Waals surface area contributed by atoms with E-state index in [2.05, 4.69) is 22.3 Å². The van der Waals surface area contributed by atoms with Gasteiger partial charge in [-0.15, -0.1) is 0 Å². The van der Waals surface area contributed by atoms with Crippen molar-refractivity contribution < 1.29 is 19.4 Å². The van der Waals surface area contributed by atoms with E-state index in [0.29, 0.717) is 32.8 Å². The lowest BCUT2D eigenvalue weighted by Crippen LogP contribution is -2.37. The van der Waals surface area contributed by atoms with Gasteiger partial charge in [0.05, 0.1) is 20.3 Å². The van der Waals surface area contributed by atoms with Crippen LogP contribution in [0.25, 0.3) is 0 Å². The number of ether oxygens (including phenoxy) is 2. The summed E-state index contributed by atoms with van der Waals surface area (Å²) in [6.07, 6.45) is 4.49. The number of para-hydroxylation sites is 1. The minimum Gasteiger partial charge on any atom is -0.496 e. The first-order valence-corrected chi connectivity index (χ1v) is 11.2. The van der Waals surface area contributed by atoms with Crippen LogP contribution in [0.2, 0.25) is 0 Å². The molecule has 1 heterocycles. The van der Waals surface area contributed by atoms with E-state index in [1.54, 1.807) is 7.11 Å². The van der Waals surface area contributed by atoms with E-state index in [1.165, 1.54) is 5.56 Å². The van der Waals surface area contributed by atoms with Gasteiger partial charge in [-0.2, -0.15) is 0 Å². The van der Waals surface area contributed by atoms with Gasteiger partial charge >= 0.3 is 0 Å². The van der Waals surface area contributed by atoms with Gasteiger partial charge in [-0.05, 0) is 49.8 Å². The van der Waals surface area contributed by atoms with Crippen molar-refractivity contribution in [3.8, 4) is 11.5 Å². The Morgan fingerprint density at radius 1 is 1.13 bits per heavy atom. The van der Waals surface area contributed by atoms with Gasteiger partial charge < -0.3 is 19.9 Å². The first-order chi connectivity index (χ1) is 15.2. The van der Waals surface area contributed by atoms with Crippen LogP contribution in [0.3, 0.4) is 0 Å². The van der Waals surface area contributed by atoms with Gasteiger partial charge in [-0.25, -0.2) is 0 Å². The zero-order valence-corrected chi connectivity index (χ0v) is 18.4. The zero-order chi connectivity index (χ0) is 21.9. The molecule has 168 valence electrons. The Kier molecular flexibility index (Phi) is 9.18. The van der Waals surface area contributed by atoms with E-state index >= 15 is 0 Å². The molecule has 6 heteroatoms. The summed E-state index contributed by atoms with van der Waals surface area (Å²) in [6, 6.07) is 14.2. The second kappa shape index (κ2) is 12.3. The highest BCUT2D eigenvalue weighted by Crippen LogP contribution is 2.26. The van der Waals surface area contributed by atoms with Crippen molar-refractivity contribution in [1.82, 2.24) is 10.2 Å². The van der Waals surface area contributed by atoms with Crippen LogP contribution < -0.4 is 14.8 Å². The van der Waals surface area contributed by atoms with Gasteiger partial charge in [0, 0.05) is 37.4 Å². The number of aliphatic hydroxyl groups is 1. The number of hydrogen-bond acceptors (Lipinski definition) is 5. The Balaban J connectivity index is 1.88. The molecular weight excluding hydrogens is 392 g/mol. The third kappa shape index (κ3) is 7.26. The number of hydrogen-bond donors (Lipinski definition) is 2. The highest BCUT2D eigenvalue weighted by Gasteiger charge is 2.17. The van der Waals surface area contributed by atoms with Crippen LogP contribution in [-0.2, 0) is 24.3 Å². The molecule has 0 spiro atoms. The molecule has 0 radical (unpaired) electrons. The second-order valence-corrected chi connectivity index (χ2v) is 7.99. The molecule has 0 bridgehead atoms. The summed E-state index contributed by atoms with van der Waals surface area (Å²) in [5.74, 6) is 1.73. The summed E-state index contributed by atoms with van der Waals surface area (Å²) >= 11 is 0. The van der Waals surface area contributed by atoms with Gasteiger partial charge in [-0.3, -0.25) is 9.69 Å². The predicted molar refractivity (Wildman–Crippen MR) is 121 cm³/mol. The maximum absolute atomic E-state index is 12.6. The van der Waals surface area contributed by atoms with Crippen molar-refractivity contribution in [2.45, 2.75) is 45.2 Å². The van der Waals surface area contributed by atoms with Gasteiger partial charge in [0.2, 0.25) is 5.91 Å². The lowest BCUT2D eigenvalue weighted by atomic mass is 10.0. The van der Waals surface area contributed by atoms with Crippen LogP contribution in [0.5, 0.6) is 11.5 Å². The predicted octanol–water partition coefficient (Wildman–Crippen LogP) is 3.30. The fraction of sp³-hybridized carbons (Fsp3) is 0.480. The Hall–Kier alpha value is -2.57. The summed E-state index contributed by atoms with van der Waals surface area (Å²) < 4.78 is 11.6. The van der Waals surface area contributed by atoms with Crippen LogP contribution in [0, 0.1) is 0 Å². The molecule has 0 saturated heterocycles. The van der Waals surface area contributed by atoms with Gasteiger partial charge in [-0.1, -0.05) is 30.3 Å². The number of nitrogens with one attached hydrogen (secondary N) is 1. The van der Waals surface area contributed by atoms with Crippen LogP contribution in [0.4, 0.5) is 0 Å². The van der Waals surface area contributed by atoms with E-state index in [9.17, 15) is 9.90 Å². The van der Waals surface area contributed by atoms with E-state index < -0.39 is 0 Å². The van der Waals surface area contributed by atoms with Gasteiger partial charge in [0.25, 0.3) is 0 Å². The molecule has 2 aromatic carbocycles. The van der Waals surface area contributed by atoms with Gasteiger partial charge in [0.15, 0.2) is 0 Å². The van der Waals surface area contributed by atoms with Crippen molar-refractivity contribution in [3.05, 3.63) is 59.2 Å². The average Bonchev–Trinajstić information content (AvgIpc) is 2.79. The van der Waals surface area contributed by atoms with Crippen molar-refractivity contribution >= 4 is 5.91 Å². The molecule has 0 aromatic heterocycles. The molecule has 1 aliphatic rings. The summed E-state index contributed by atoms with van der Waals surface area (Å²) in [4.78, 5) is 14.7. The van der Waals surface area contributed by atoms with E-state index in [1.807, 2.05) is 30.3 Å². The van der Waals surface area contributed by atoms with Crippen LogP contribution >= 0.6 is 0 Å². The quantitative estimate of drug-likeness (QED) is 0.742. The maximum atomic E-state index is 12.6. The number of aliphatic hydroxyl groups excluding tert-OH is 1. The molecule has 1 amide bonds. The number of methoxy groups -OCH3 is 1. The molecule has 3 rings (SSSR count). The highest BCUT2D eigenvalue weighted by atomic mass is 16.5. The van der Waals surface area contributed by atoms with E-state index in [0.717, 1.165) is 54.7 Å². The SMILES string of the molecule is COc1ccccc1CN1CC(=O)NCCCCCOc2ccc(CCCO)cc2C1. The first kappa shape index (κ1) is 23.1. The van der Waals surface area contributed by atoms with Gasteiger partial charge in [0.1, 0.15) is 11.5 Å². The molecule has 6 nitrogen and oxygen atoms in total. The number of rotatable bonds is 6. The van der Waals surface area contributed by atoms with Crippen molar-refractivity contribution in [2.24, 2.45) is 0 Å². The molecule has 2 N–H and O–H groups in total. The number of nitrogens with zero attached hydrogens (tertiary/aromatic N) is 1. The Morgan fingerprint density at radius 3 is 2.84 bits per heavy atom. The molecule has 0 aliphatic carbocycles. The number of carbonyl (C=O) groups excluding carboxylic acids is 1. The Labute approximate surface area is 185 Å². The lowest BCUT2D eigenvalue weighted by molar-refractivity contribution is -0.122. The third-order valence-electron chi connectivity index (χ3n) is 5.50. The normalized spacial score (nSPS) is 16.1. The number of benzene rings is 2. The Bertz CT molecular complexity index is 840. The largest absolute Gasteiger partial charge is 0.496 e. The molecular formula is C25H34N2O4. The molecule has 1 aliphatic heterocycles. The topological polar surface area (TPSA) is 71.0 Å². The number of fused-ring (bicyclic) bond motifs is 1.